The van der Waals surface area contributed by atoms with E-state index in [2.05, 4.69) is 5.32 Å². The fourth-order valence-corrected chi connectivity index (χ4v) is 5.17. The number of nitrogens with two attached hydrogens (primary N) is 1. The Balaban J connectivity index is 0.000000244. The lowest BCUT2D eigenvalue weighted by molar-refractivity contribution is -0.145. The summed E-state index contributed by atoms with van der Waals surface area (Å²) in [4.78, 5) is 36.5. The summed E-state index contributed by atoms with van der Waals surface area (Å²) >= 11 is 0. The fourth-order valence-electron chi connectivity index (χ4n) is 4.42. The van der Waals surface area contributed by atoms with Gasteiger partial charge in [-0.25, -0.2) is 13.6 Å². The van der Waals surface area contributed by atoms with Crippen LogP contribution in [0.3, 0.4) is 0 Å². The van der Waals surface area contributed by atoms with Crippen LogP contribution in [0.4, 0.5) is 5.69 Å². The number of likely N-dealkylation sites (tertiary alicyclic amines) is 1. The van der Waals surface area contributed by atoms with Gasteiger partial charge in [0.25, 0.3) is 5.91 Å². The molecule has 1 fully saturated rings. The molecule has 2 amide bonds. The molecule has 3 aromatic carbocycles. The molecule has 10 heteroatoms. The first-order chi connectivity index (χ1) is 18.0. The van der Waals surface area contributed by atoms with Gasteiger partial charge in [0.05, 0.1) is 10.8 Å². The van der Waals surface area contributed by atoms with E-state index in [1.54, 1.807) is 47.4 Å². The molecule has 4 rings (SSSR count). The number of hydrogen-bond acceptors (Lipinski definition) is 5. The smallest absolute Gasteiger partial charge is 0.308 e. The van der Waals surface area contributed by atoms with E-state index in [1.807, 2.05) is 26.0 Å². The lowest BCUT2D eigenvalue weighted by Crippen LogP contribution is -2.42. The number of aliphatic carboxylic acids is 1. The van der Waals surface area contributed by atoms with Crippen LogP contribution in [0.15, 0.2) is 65.6 Å². The molecule has 1 aliphatic rings. The van der Waals surface area contributed by atoms with Crippen molar-refractivity contribution in [3.05, 3.63) is 71.8 Å². The summed E-state index contributed by atoms with van der Waals surface area (Å²) in [5.41, 5.74) is 1.96. The third-order valence-electron chi connectivity index (χ3n) is 6.42. The minimum absolute atomic E-state index is 0.0343. The monoisotopic (exact) mass is 539 g/mol. The summed E-state index contributed by atoms with van der Waals surface area (Å²) in [6.45, 7) is 4.93. The number of nitrogens with one attached hydrogen (secondary N) is 1. The van der Waals surface area contributed by atoms with Gasteiger partial charge in [-0.1, -0.05) is 49.4 Å². The molecule has 4 N–H and O–H groups in total. The average Bonchev–Trinajstić information content (AvgIpc) is 2.89. The summed E-state index contributed by atoms with van der Waals surface area (Å²) in [5.74, 6) is -1.29. The van der Waals surface area contributed by atoms with Gasteiger partial charge >= 0.3 is 5.97 Å². The Morgan fingerprint density at radius 2 is 1.68 bits per heavy atom. The molecule has 0 saturated carbocycles. The van der Waals surface area contributed by atoms with Crippen molar-refractivity contribution in [1.29, 1.82) is 0 Å². The SMILES string of the molecule is CCCC(=O)N1CCC[C@H](C(=O)O)C1.Cc1ccccc1C(=O)Nc1ccc(S(N)(=O)=O)c2ccccc12. The van der Waals surface area contributed by atoms with E-state index in [0.717, 1.165) is 24.9 Å². The first kappa shape index (κ1) is 28.8. The van der Waals surface area contributed by atoms with Crippen LogP contribution in [0, 0.1) is 12.8 Å². The lowest BCUT2D eigenvalue weighted by atomic mass is 9.98. The van der Waals surface area contributed by atoms with Crippen molar-refractivity contribution in [3.63, 3.8) is 0 Å². The number of benzene rings is 3. The van der Waals surface area contributed by atoms with Crippen molar-refractivity contribution in [1.82, 2.24) is 4.90 Å². The summed E-state index contributed by atoms with van der Waals surface area (Å²) in [6.07, 6.45) is 2.87. The molecular weight excluding hydrogens is 506 g/mol. The van der Waals surface area contributed by atoms with E-state index in [9.17, 15) is 22.8 Å². The van der Waals surface area contributed by atoms with Crippen molar-refractivity contribution in [2.45, 2.75) is 44.4 Å². The second kappa shape index (κ2) is 12.7. The van der Waals surface area contributed by atoms with Gasteiger partial charge in [-0.2, -0.15) is 0 Å². The predicted octanol–water partition coefficient (Wildman–Crippen LogP) is 4.16. The molecule has 202 valence electrons. The largest absolute Gasteiger partial charge is 0.481 e. The van der Waals surface area contributed by atoms with Crippen LogP contribution in [0.2, 0.25) is 0 Å². The Bertz CT molecular complexity index is 1440. The maximum absolute atomic E-state index is 12.5. The van der Waals surface area contributed by atoms with Gasteiger partial charge in [0.1, 0.15) is 0 Å². The first-order valence-electron chi connectivity index (χ1n) is 12.4. The van der Waals surface area contributed by atoms with Crippen LogP contribution in [-0.4, -0.2) is 49.3 Å². The molecule has 1 saturated heterocycles. The van der Waals surface area contributed by atoms with Crippen molar-refractivity contribution >= 4 is 44.3 Å². The Labute approximate surface area is 222 Å². The molecule has 1 heterocycles. The number of amides is 2. The topological polar surface area (TPSA) is 147 Å². The van der Waals surface area contributed by atoms with Gasteiger partial charge in [0, 0.05) is 41.5 Å². The fraction of sp³-hybridized carbons (Fsp3) is 0.321. The normalized spacial score (nSPS) is 15.3. The standard InChI is InChI=1S/C18H16N2O3S.C10H17NO3/c1-12-6-2-3-7-13(12)18(21)20-16-10-11-17(24(19,22)23)15-9-5-4-8-14(15)16;1-2-4-9(12)11-6-3-5-8(7-11)10(13)14/h2-11H,1H3,(H,20,21)(H2,19,22,23);8H,2-7H2,1H3,(H,13,14)/t;8-/m.0/s1. The van der Waals surface area contributed by atoms with Gasteiger partial charge in [-0.3, -0.25) is 14.4 Å². The predicted molar refractivity (Wildman–Crippen MR) is 146 cm³/mol. The second-order valence-corrected chi connectivity index (χ2v) is 10.8. The van der Waals surface area contributed by atoms with Gasteiger partial charge < -0.3 is 15.3 Å². The maximum Gasteiger partial charge on any atom is 0.308 e. The Hall–Kier alpha value is -3.76. The van der Waals surface area contributed by atoms with Crippen LogP contribution in [-0.2, 0) is 19.6 Å². The number of primary sulfonamides is 1. The van der Waals surface area contributed by atoms with E-state index in [1.165, 1.54) is 6.07 Å². The number of anilines is 1. The van der Waals surface area contributed by atoms with Crippen molar-refractivity contribution < 1.29 is 27.9 Å². The summed E-state index contributed by atoms with van der Waals surface area (Å²) in [5, 5.41) is 18.0. The van der Waals surface area contributed by atoms with E-state index in [0.29, 0.717) is 41.4 Å². The van der Waals surface area contributed by atoms with Crippen molar-refractivity contribution in [2.75, 3.05) is 18.4 Å². The molecule has 0 bridgehead atoms. The van der Waals surface area contributed by atoms with E-state index in [4.69, 9.17) is 10.2 Å². The zero-order valence-corrected chi connectivity index (χ0v) is 22.3. The number of aryl methyl sites for hydroxylation is 1. The number of fused-ring (bicyclic) bond motifs is 1. The molecule has 3 aromatic rings. The van der Waals surface area contributed by atoms with Gasteiger partial charge in [0.15, 0.2) is 0 Å². The summed E-state index contributed by atoms with van der Waals surface area (Å²) < 4.78 is 23.5. The highest BCUT2D eigenvalue weighted by atomic mass is 32.2. The Morgan fingerprint density at radius 3 is 2.32 bits per heavy atom. The molecule has 1 atom stereocenters. The van der Waals surface area contributed by atoms with Gasteiger partial charge in [0.2, 0.25) is 15.9 Å². The number of carboxylic acid groups (broad SMARTS) is 1. The van der Waals surface area contributed by atoms with Gasteiger partial charge in [-0.05, 0) is 49.9 Å². The molecule has 38 heavy (non-hydrogen) atoms. The van der Waals surface area contributed by atoms with Gasteiger partial charge in [-0.15, -0.1) is 0 Å². The van der Waals surface area contributed by atoms with E-state index < -0.39 is 16.0 Å². The van der Waals surface area contributed by atoms with Crippen LogP contribution in [0.1, 0.15) is 48.5 Å². The molecule has 0 aliphatic carbocycles. The van der Waals surface area contributed by atoms with Crippen LogP contribution in [0.5, 0.6) is 0 Å². The second-order valence-electron chi connectivity index (χ2n) is 9.24. The molecule has 9 nitrogen and oxygen atoms in total. The van der Waals surface area contributed by atoms with Crippen molar-refractivity contribution in [2.24, 2.45) is 11.1 Å². The minimum atomic E-state index is -3.85. The average molecular weight is 540 g/mol. The lowest BCUT2D eigenvalue weighted by Gasteiger charge is -2.30. The number of piperidine rings is 1. The van der Waals surface area contributed by atoms with Crippen LogP contribution in [0.25, 0.3) is 10.8 Å². The molecule has 0 unspecified atom stereocenters. The zero-order chi connectivity index (χ0) is 27.9. The Kier molecular flexibility index (Phi) is 9.60. The van der Waals surface area contributed by atoms with E-state index in [-0.39, 0.29) is 22.6 Å². The zero-order valence-electron chi connectivity index (χ0n) is 21.5. The third kappa shape index (κ3) is 7.17. The molecule has 1 aliphatic heterocycles. The number of carboxylic acids is 1. The molecule has 0 spiro atoms. The summed E-state index contributed by atoms with van der Waals surface area (Å²) in [7, 11) is -3.85. The third-order valence-corrected chi connectivity index (χ3v) is 7.38. The highest BCUT2D eigenvalue weighted by molar-refractivity contribution is 7.89. The number of nitrogens with zero attached hydrogens (tertiary/aromatic N) is 1. The molecule has 0 radical (unpaired) electrons. The number of rotatable bonds is 6. The Morgan fingerprint density at radius 1 is 1.03 bits per heavy atom. The molecular formula is C28H33N3O6S. The quantitative estimate of drug-likeness (QED) is 0.429. The minimum Gasteiger partial charge on any atom is -0.481 e. The number of hydrogen-bond donors (Lipinski definition) is 3. The van der Waals surface area contributed by atoms with Crippen molar-refractivity contribution in [3.8, 4) is 0 Å². The first-order valence-corrected chi connectivity index (χ1v) is 14.0. The van der Waals surface area contributed by atoms with Crippen LogP contribution < -0.4 is 10.5 Å². The highest BCUT2D eigenvalue weighted by Crippen LogP contribution is 2.29. The summed E-state index contributed by atoms with van der Waals surface area (Å²) in [6, 6.07) is 17.1. The van der Waals surface area contributed by atoms with Crippen LogP contribution >= 0.6 is 0 Å². The molecule has 0 aromatic heterocycles. The number of sulfonamides is 1. The number of carbonyl (C=O) groups is 3. The van der Waals surface area contributed by atoms with E-state index >= 15 is 0 Å². The highest BCUT2D eigenvalue weighted by Gasteiger charge is 2.27. The maximum atomic E-state index is 12.5. The number of carbonyl (C=O) groups excluding carboxylic acids is 2.